The fourth-order valence-electron chi connectivity index (χ4n) is 4.40. The summed E-state index contributed by atoms with van der Waals surface area (Å²) >= 11 is 0. The van der Waals surface area contributed by atoms with Gasteiger partial charge < -0.3 is 9.84 Å². The van der Waals surface area contributed by atoms with Crippen molar-refractivity contribution in [3.63, 3.8) is 0 Å². The van der Waals surface area contributed by atoms with Gasteiger partial charge in [-0.1, -0.05) is 19.1 Å². The van der Waals surface area contributed by atoms with E-state index in [2.05, 4.69) is 11.6 Å². The van der Waals surface area contributed by atoms with Gasteiger partial charge in [0.25, 0.3) is 0 Å². The Morgan fingerprint density at radius 3 is 2.60 bits per heavy atom. The molecule has 0 heterocycles. The number of methoxy groups -OCH3 is 1. The Morgan fingerprint density at radius 1 is 1.20 bits per heavy atom. The fourth-order valence-corrected chi connectivity index (χ4v) is 5.42. The Balaban J connectivity index is 1.61. The molecule has 2 aromatic rings. The first-order valence-corrected chi connectivity index (χ1v) is 11.9. The van der Waals surface area contributed by atoms with Crippen molar-refractivity contribution in [2.24, 2.45) is 5.92 Å². The smallest absolute Gasteiger partial charge is 0.240 e. The van der Waals surface area contributed by atoms with Crippen LogP contribution in [-0.2, 0) is 10.0 Å². The second-order valence-corrected chi connectivity index (χ2v) is 9.89. The molecule has 3 atom stereocenters. The maximum atomic E-state index is 13.8. The largest absolute Gasteiger partial charge is 0.497 e. The predicted octanol–water partition coefficient (Wildman–Crippen LogP) is 4.18. The monoisotopic (exact) mass is 435 g/mol. The van der Waals surface area contributed by atoms with Gasteiger partial charge in [-0.25, -0.2) is 17.5 Å². The molecule has 0 saturated heterocycles. The molecular weight excluding hydrogens is 405 g/mol. The normalized spacial score (nSPS) is 20.3. The van der Waals surface area contributed by atoms with Gasteiger partial charge in [0.05, 0.1) is 18.6 Å². The van der Waals surface area contributed by atoms with E-state index in [0.717, 1.165) is 36.8 Å². The Morgan fingerprint density at radius 2 is 1.93 bits per heavy atom. The molecular formula is C23H30FNO4S. The summed E-state index contributed by atoms with van der Waals surface area (Å²) in [5.74, 6) is 1.47. The number of aliphatic hydroxyl groups is 1. The minimum Gasteiger partial charge on any atom is -0.497 e. The van der Waals surface area contributed by atoms with Crippen molar-refractivity contribution in [1.82, 2.24) is 4.72 Å². The molecule has 2 aromatic carbocycles. The van der Waals surface area contributed by atoms with Gasteiger partial charge >= 0.3 is 0 Å². The molecule has 0 aromatic heterocycles. The number of hydrogen-bond acceptors (Lipinski definition) is 4. The number of nitrogens with one attached hydrogen (secondary N) is 1. The zero-order valence-electron chi connectivity index (χ0n) is 17.5. The molecule has 2 N–H and O–H groups in total. The van der Waals surface area contributed by atoms with Gasteiger partial charge in [0.1, 0.15) is 11.6 Å². The molecule has 0 spiro atoms. The van der Waals surface area contributed by atoms with Crippen LogP contribution in [0.2, 0.25) is 0 Å². The zero-order valence-corrected chi connectivity index (χ0v) is 18.3. The van der Waals surface area contributed by atoms with E-state index in [1.54, 1.807) is 25.3 Å². The third-order valence-electron chi connectivity index (χ3n) is 5.99. The van der Waals surface area contributed by atoms with E-state index >= 15 is 0 Å². The minimum absolute atomic E-state index is 0.00373. The van der Waals surface area contributed by atoms with Crippen LogP contribution < -0.4 is 9.46 Å². The molecule has 0 amide bonds. The third-order valence-corrected chi connectivity index (χ3v) is 7.47. The first-order valence-electron chi connectivity index (χ1n) is 10.4. The van der Waals surface area contributed by atoms with Gasteiger partial charge in [0, 0.05) is 12.6 Å². The summed E-state index contributed by atoms with van der Waals surface area (Å²) in [4.78, 5) is 0.211. The molecule has 0 aliphatic heterocycles. The standard InChI is InChI=1S/C23H30FNO4S/c1-16(20-13-21(24)15-22(14-20)29-2)11-17-3-4-19(12-17)18-5-7-23(8-6-18)30(27,28)25-9-10-26/h5-8,13-17,19,25-26H,3-4,9-12H2,1-2H3/t16-,17?,19-/m0/s1. The number of rotatable bonds is 9. The number of aliphatic hydroxyl groups excluding tert-OH is 1. The van der Waals surface area contributed by atoms with E-state index in [-0.39, 0.29) is 29.8 Å². The fraction of sp³-hybridized carbons (Fsp3) is 0.478. The highest BCUT2D eigenvalue weighted by molar-refractivity contribution is 7.89. The van der Waals surface area contributed by atoms with Crippen molar-refractivity contribution in [3.05, 3.63) is 59.4 Å². The number of ether oxygens (including phenoxy) is 1. The molecule has 1 fully saturated rings. The van der Waals surface area contributed by atoms with Gasteiger partial charge in [0.2, 0.25) is 10.0 Å². The first-order chi connectivity index (χ1) is 14.3. The summed E-state index contributed by atoms with van der Waals surface area (Å²) in [6.07, 6.45) is 4.21. The van der Waals surface area contributed by atoms with Crippen molar-refractivity contribution >= 4 is 10.0 Å². The molecule has 1 unspecified atom stereocenters. The van der Waals surface area contributed by atoms with Crippen LogP contribution in [0.25, 0.3) is 0 Å². The quantitative estimate of drug-likeness (QED) is 0.620. The molecule has 1 aliphatic rings. The number of halogens is 1. The Kier molecular flexibility index (Phi) is 7.50. The second kappa shape index (κ2) is 9.90. The molecule has 0 radical (unpaired) electrons. The summed E-state index contributed by atoms with van der Waals surface area (Å²) < 4.78 is 45.6. The van der Waals surface area contributed by atoms with E-state index in [0.29, 0.717) is 17.6 Å². The summed E-state index contributed by atoms with van der Waals surface area (Å²) in [6, 6.07) is 11.9. The second-order valence-electron chi connectivity index (χ2n) is 8.13. The molecule has 5 nitrogen and oxygen atoms in total. The van der Waals surface area contributed by atoms with E-state index in [1.807, 2.05) is 18.2 Å². The lowest BCUT2D eigenvalue weighted by Crippen LogP contribution is -2.26. The van der Waals surface area contributed by atoms with Crippen LogP contribution in [0.1, 0.15) is 55.6 Å². The highest BCUT2D eigenvalue weighted by Crippen LogP contribution is 2.42. The average molecular weight is 436 g/mol. The lowest BCUT2D eigenvalue weighted by molar-refractivity contribution is 0.301. The summed E-state index contributed by atoms with van der Waals surface area (Å²) in [6.45, 7) is 1.89. The van der Waals surface area contributed by atoms with Crippen LogP contribution in [0.3, 0.4) is 0 Å². The van der Waals surface area contributed by atoms with Gasteiger partial charge in [-0.05, 0) is 78.8 Å². The van der Waals surface area contributed by atoms with Gasteiger partial charge in [-0.15, -0.1) is 0 Å². The maximum Gasteiger partial charge on any atom is 0.240 e. The van der Waals surface area contributed by atoms with E-state index in [4.69, 9.17) is 9.84 Å². The highest BCUT2D eigenvalue weighted by Gasteiger charge is 2.28. The lowest BCUT2D eigenvalue weighted by Gasteiger charge is -2.18. The number of hydrogen-bond donors (Lipinski definition) is 2. The summed E-state index contributed by atoms with van der Waals surface area (Å²) in [7, 11) is -2.03. The number of benzene rings is 2. The Labute approximate surface area is 178 Å². The molecule has 164 valence electrons. The van der Waals surface area contributed by atoms with Gasteiger partial charge in [-0.2, -0.15) is 0 Å². The predicted molar refractivity (Wildman–Crippen MR) is 115 cm³/mol. The van der Waals surface area contributed by atoms with Crippen molar-refractivity contribution in [1.29, 1.82) is 0 Å². The first kappa shape index (κ1) is 22.7. The number of sulfonamides is 1. The summed E-state index contributed by atoms with van der Waals surface area (Å²) in [5.41, 5.74) is 2.11. The highest BCUT2D eigenvalue weighted by atomic mass is 32.2. The van der Waals surface area contributed by atoms with Crippen molar-refractivity contribution < 1.29 is 22.7 Å². The molecule has 1 aliphatic carbocycles. The molecule has 1 saturated carbocycles. The Bertz CT molecular complexity index is 946. The van der Waals surface area contributed by atoms with Crippen LogP contribution in [0.15, 0.2) is 47.4 Å². The van der Waals surface area contributed by atoms with Gasteiger partial charge in [0.15, 0.2) is 0 Å². The van der Waals surface area contributed by atoms with Crippen molar-refractivity contribution in [2.45, 2.75) is 49.3 Å². The topological polar surface area (TPSA) is 75.6 Å². The van der Waals surface area contributed by atoms with Crippen LogP contribution >= 0.6 is 0 Å². The minimum atomic E-state index is -3.58. The lowest BCUT2D eigenvalue weighted by atomic mass is 9.88. The van der Waals surface area contributed by atoms with Crippen molar-refractivity contribution in [2.75, 3.05) is 20.3 Å². The van der Waals surface area contributed by atoms with Crippen LogP contribution in [0, 0.1) is 11.7 Å². The SMILES string of the molecule is COc1cc(F)cc([C@@H](C)CC2CC[C@H](c3ccc(S(=O)(=O)NCCO)cc3)C2)c1. The van der Waals surface area contributed by atoms with Gasteiger partial charge in [-0.3, -0.25) is 0 Å². The van der Waals surface area contributed by atoms with Crippen LogP contribution in [-0.4, -0.2) is 33.8 Å². The molecule has 0 bridgehead atoms. The molecule has 3 rings (SSSR count). The zero-order chi connectivity index (χ0) is 21.7. The average Bonchev–Trinajstić information content (AvgIpc) is 3.20. The molecule has 7 heteroatoms. The van der Waals surface area contributed by atoms with E-state index in [1.165, 1.54) is 6.07 Å². The van der Waals surface area contributed by atoms with Crippen LogP contribution in [0.4, 0.5) is 4.39 Å². The third kappa shape index (κ3) is 5.59. The van der Waals surface area contributed by atoms with E-state index < -0.39 is 10.0 Å². The van der Waals surface area contributed by atoms with E-state index in [9.17, 15) is 12.8 Å². The van der Waals surface area contributed by atoms with Crippen LogP contribution in [0.5, 0.6) is 5.75 Å². The molecule has 30 heavy (non-hydrogen) atoms. The maximum absolute atomic E-state index is 13.8. The summed E-state index contributed by atoms with van der Waals surface area (Å²) in [5, 5.41) is 8.81. The van der Waals surface area contributed by atoms with Crippen molar-refractivity contribution in [3.8, 4) is 5.75 Å². The Hall–Kier alpha value is -1.96.